The number of aryl methyl sites for hydroxylation is 1. The van der Waals surface area contributed by atoms with Crippen LogP contribution in [-0.4, -0.2) is 12.5 Å². The summed E-state index contributed by atoms with van der Waals surface area (Å²) in [5, 5.41) is 5.45. The lowest BCUT2D eigenvalue weighted by Crippen LogP contribution is -2.15. The molecule has 1 amide bonds. The van der Waals surface area contributed by atoms with Crippen LogP contribution in [0.15, 0.2) is 35.7 Å². The van der Waals surface area contributed by atoms with E-state index in [0.29, 0.717) is 6.61 Å². The molecule has 0 saturated heterocycles. The minimum Gasteiger partial charge on any atom is -0.491 e. The maximum absolute atomic E-state index is 10.7. The second-order valence-electron chi connectivity index (χ2n) is 4.44. The van der Waals surface area contributed by atoms with Crippen LogP contribution in [-0.2, 0) is 11.3 Å². The van der Waals surface area contributed by atoms with Crippen LogP contribution in [0, 0.1) is 6.92 Å². The molecular formula is C15H18N2O2S. The van der Waals surface area contributed by atoms with E-state index in [4.69, 9.17) is 10.5 Å². The van der Waals surface area contributed by atoms with Crippen LogP contribution in [0.2, 0.25) is 0 Å². The number of rotatable bonds is 7. The lowest BCUT2D eigenvalue weighted by molar-refractivity contribution is -0.118. The van der Waals surface area contributed by atoms with Crippen molar-refractivity contribution in [1.82, 2.24) is 0 Å². The van der Waals surface area contributed by atoms with Gasteiger partial charge in [-0.25, -0.2) is 0 Å². The van der Waals surface area contributed by atoms with Gasteiger partial charge in [0.15, 0.2) is 0 Å². The monoisotopic (exact) mass is 290 g/mol. The zero-order valence-electron chi connectivity index (χ0n) is 11.4. The summed E-state index contributed by atoms with van der Waals surface area (Å²) in [6, 6.07) is 9.80. The van der Waals surface area contributed by atoms with Crippen molar-refractivity contribution in [2.75, 3.05) is 11.9 Å². The highest BCUT2D eigenvalue weighted by atomic mass is 32.1. The molecule has 0 bridgehead atoms. The molecule has 5 heteroatoms. The Labute approximate surface area is 122 Å². The summed E-state index contributed by atoms with van der Waals surface area (Å²) < 4.78 is 5.59. The third kappa shape index (κ3) is 3.99. The molecular weight excluding hydrogens is 272 g/mol. The van der Waals surface area contributed by atoms with Crippen LogP contribution in [0.25, 0.3) is 0 Å². The smallest absolute Gasteiger partial charge is 0.220 e. The Bertz CT molecular complexity index is 581. The van der Waals surface area contributed by atoms with Gasteiger partial charge >= 0.3 is 0 Å². The van der Waals surface area contributed by atoms with Gasteiger partial charge in [-0.3, -0.25) is 4.79 Å². The summed E-state index contributed by atoms with van der Waals surface area (Å²) >= 11 is 1.73. The molecule has 0 saturated carbocycles. The van der Waals surface area contributed by atoms with Crippen molar-refractivity contribution in [1.29, 1.82) is 0 Å². The number of hydrogen-bond donors (Lipinski definition) is 2. The zero-order chi connectivity index (χ0) is 14.4. The zero-order valence-corrected chi connectivity index (χ0v) is 12.2. The summed E-state index contributed by atoms with van der Waals surface area (Å²) in [5.74, 6) is 0.382. The van der Waals surface area contributed by atoms with Gasteiger partial charge in [0.05, 0.1) is 18.7 Å². The topological polar surface area (TPSA) is 64.3 Å². The van der Waals surface area contributed by atoms with Gasteiger partial charge in [-0.2, -0.15) is 0 Å². The Balaban J connectivity index is 1.97. The number of ether oxygens (including phenoxy) is 1. The first kappa shape index (κ1) is 14.4. The molecule has 2 aromatic rings. The van der Waals surface area contributed by atoms with Gasteiger partial charge in [-0.1, -0.05) is 12.1 Å². The number of thiophene rings is 1. The van der Waals surface area contributed by atoms with E-state index in [0.717, 1.165) is 18.0 Å². The van der Waals surface area contributed by atoms with E-state index in [9.17, 15) is 4.79 Å². The largest absolute Gasteiger partial charge is 0.491 e. The fourth-order valence-corrected chi connectivity index (χ4v) is 2.61. The van der Waals surface area contributed by atoms with Crippen molar-refractivity contribution in [3.05, 3.63) is 46.2 Å². The summed E-state index contributed by atoms with van der Waals surface area (Å²) in [4.78, 5) is 12.0. The number of para-hydroxylation sites is 2. The predicted octanol–water partition coefficient (Wildman–Crippen LogP) is 2.92. The van der Waals surface area contributed by atoms with E-state index in [2.05, 4.69) is 23.7 Å². The number of benzene rings is 1. The summed E-state index contributed by atoms with van der Waals surface area (Å²) in [6.07, 6.45) is 0.221. The molecule has 1 aromatic carbocycles. The molecule has 0 unspecified atom stereocenters. The second kappa shape index (κ2) is 6.96. The van der Waals surface area contributed by atoms with E-state index in [1.165, 1.54) is 10.4 Å². The van der Waals surface area contributed by atoms with Crippen LogP contribution in [0.1, 0.15) is 16.9 Å². The lowest BCUT2D eigenvalue weighted by Gasteiger charge is -2.12. The van der Waals surface area contributed by atoms with E-state index in [-0.39, 0.29) is 12.3 Å². The number of anilines is 1. The fourth-order valence-electron chi connectivity index (χ4n) is 1.76. The maximum Gasteiger partial charge on any atom is 0.220 e. The Morgan fingerprint density at radius 1 is 1.35 bits per heavy atom. The Morgan fingerprint density at radius 3 is 2.85 bits per heavy atom. The highest BCUT2D eigenvalue weighted by Crippen LogP contribution is 2.25. The third-order valence-electron chi connectivity index (χ3n) is 2.90. The van der Waals surface area contributed by atoms with Crippen LogP contribution >= 0.6 is 11.3 Å². The van der Waals surface area contributed by atoms with E-state index in [1.807, 2.05) is 24.3 Å². The first-order valence-electron chi connectivity index (χ1n) is 6.44. The summed E-state index contributed by atoms with van der Waals surface area (Å²) in [7, 11) is 0. The van der Waals surface area contributed by atoms with Gasteiger partial charge in [-0.05, 0) is 36.1 Å². The highest BCUT2D eigenvalue weighted by molar-refractivity contribution is 7.10. The van der Waals surface area contributed by atoms with Crippen molar-refractivity contribution >= 4 is 22.9 Å². The van der Waals surface area contributed by atoms with Crippen molar-refractivity contribution in [3.8, 4) is 5.75 Å². The molecule has 4 nitrogen and oxygen atoms in total. The van der Waals surface area contributed by atoms with E-state index >= 15 is 0 Å². The minimum absolute atomic E-state index is 0.221. The molecule has 0 fully saturated rings. The van der Waals surface area contributed by atoms with Crippen molar-refractivity contribution in [3.63, 3.8) is 0 Å². The molecule has 0 aliphatic rings. The number of nitrogens with two attached hydrogens (primary N) is 1. The van der Waals surface area contributed by atoms with Crippen molar-refractivity contribution in [2.24, 2.45) is 5.73 Å². The third-order valence-corrected chi connectivity index (χ3v) is 3.92. The first-order chi connectivity index (χ1) is 9.66. The van der Waals surface area contributed by atoms with Gasteiger partial charge in [0.2, 0.25) is 5.91 Å². The Morgan fingerprint density at radius 2 is 2.15 bits per heavy atom. The normalized spacial score (nSPS) is 10.2. The molecule has 2 rings (SSSR count). The summed E-state index contributed by atoms with van der Waals surface area (Å²) in [6.45, 7) is 3.16. The molecule has 1 aromatic heterocycles. The molecule has 0 aliphatic heterocycles. The van der Waals surface area contributed by atoms with E-state index in [1.54, 1.807) is 11.3 Å². The van der Waals surface area contributed by atoms with Crippen LogP contribution in [0.5, 0.6) is 5.75 Å². The van der Waals surface area contributed by atoms with Crippen molar-refractivity contribution in [2.45, 2.75) is 19.9 Å². The number of carbonyl (C=O) groups excluding carboxylic acids is 1. The standard InChI is InChI=1S/C15H18N2O2S/c1-11-7-9-20-14(11)10-17-12-4-2-3-5-13(12)19-8-6-15(16)18/h2-5,7,9,17H,6,8,10H2,1H3,(H2,16,18). The fraction of sp³-hybridized carbons (Fsp3) is 0.267. The number of nitrogens with one attached hydrogen (secondary N) is 1. The van der Waals surface area contributed by atoms with E-state index < -0.39 is 0 Å². The number of primary amides is 1. The second-order valence-corrected chi connectivity index (χ2v) is 5.44. The quantitative estimate of drug-likeness (QED) is 0.824. The number of amides is 1. The van der Waals surface area contributed by atoms with Crippen LogP contribution in [0.3, 0.4) is 0 Å². The van der Waals surface area contributed by atoms with Crippen molar-refractivity contribution < 1.29 is 9.53 Å². The Kier molecular flexibility index (Phi) is 5.01. The van der Waals surface area contributed by atoms with Gasteiger partial charge in [0.25, 0.3) is 0 Å². The molecule has 0 atom stereocenters. The van der Waals surface area contributed by atoms with Gasteiger partial charge in [-0.15, -0.1) is 11.3 Å². The molecule has 3 N–H and O–H groups in total. The molecule has 20 heavy (non-hydrogen) atoms. The highest BCUT2D eigenvalue weighted by Gasteiger charge is 2.05. The molecule has 0 spiro atoms. The average Bonchev–Trinajstić information content (AvgIpc) is 2.83. The summed E-state index contributed by atoms with van der Waals surface area (Å²) in [5.41, 5.74) is 7.31. The molecule has 106 valence electrons. The van der Waals surface area contributed by atoms with Gasteiger partial charge < -0.3 is 15.8 Å². The first-order valence-corrected chi connectivity index (χ1v) is 7.32. The number of hydrogen-bond acceptors (Lipinski definition) is 4. The molecule has 0 radical (unpaired) electrons. The van der Waals surface area contributed by atoms with Gasteiger partial charge in [0, 0.05) is 11.4 Å². The van der Waals surface area contributed by atoms with Gasteiger partial charge in [0.1, 0.15) is 5.75 Å². The average molecular weight is 290 g/mol. The Hall–Kier alpha value is -2.01. The molecule has 0 aliphatic carbocycles. The number of carbonyl (C=O) groups is 1. The maximum atomic E-state index is 10.7. The van der Waals surface area contributed by atoms with Crippen LogP contribution < -0.4 is 15.8 Å². The SMILES string of the molecule is Cc1ccsc1CNc1ccccc1OCCC(N)=O. The molecule has 1 heterocycles. The van der Waals surface area contributed by atoms with Crippen LogP contribution in [0.4, 0.5) is 5.69 Å². The minimum atomic E-state index is -0.357. The lowest BCUT2D eigenvalue weighted by atomic mass is 10.2. The predicted molar refractivity (Wildman–Crippen MR) is 82.1 cm³/mol.